The summed E-state index contributed by atoms with van der Waals surface area (Å²) in [7, 11) is 0. The van der Waals surface area contributed by atoms with E-state index in [4.69, 9.17) is 0 Å². The van der Waals surface area contributed by atoms with Crippen LogP contribution in [0.1, 0.15) is 57.4 Å². The number of anilines is 1. The highest BCUT2D eigenvalue weighted by Crippen LogP contribution is 2.54. The van der Waals surface area contributed by atoms with E-state index in [1.165, 1.54) is 6.92 Å². The van der Waals surface area contributed by atoms with Crippen molar-refractivity contribution in [2.24, 2.45) is 5.92 Å². The Morgan fingerprint density at radius 3 is 2.39 bits per heavy atom. The molecule has 1 unspecified atom stereocenters. The maximum Gasteiger partial charge on any atom is 0.292 e. The highest BCUT2D eigenvalue weighted by atomic mass is 19.3. The lowest BCUT2D eigenvalue weighted by molar-refractivity contribution is -0.151. The van der Waals surface area contributed by atoms with Gasteiger partial charge >= 0.3 is 0 Å². The number of hydrazine groups is 2. The number of nitrogens with zero attached hydrogens (tertiary/aromatic N) is 1. The van der Waals surface area contributed by atoms with Crippen molar-refractivity contribution in [3.8, 4) is 0 Å². The van der Waals surface area contributed by atoms with Crippen molar-refractivity contribution in [2.75, 3.05) is 11.9 Å². The summed E-state index contributed by atoms with van der Waals surface area (Å²) in [6, 6.07) is 0.596. The number of alkyl halides is 2. The van der Waals surface area contributed by atoms with Gasteiger partial charge in [0.25, 0.3) is 23.5 Å². The van der Waals surface area contributed by atoms with Gasteiger partial charge in [-0.25, -0.2) is 32.8 Å². The van der Waals surface area contributed by atoms with Crippen LogP contribution in [-0.4, -0.2) is 46.2 Å². The Bertz CT molecular complexity index is 1370. The lowest BCUT2D eigenvalue weighted by Gasteiger charge is -2.50. The zero-order valence-electron chi connectivity index (χ0n) is 20.0. The van der Waals surface area contributed by atoms with Gasteiger partial charge in [0.05, 0.1) is 17.1 Å². The number of aromatic nitrogens is 1. The summed E-state index contributed by atoms with van der Waals surface area (Å²) in [5.74, 6) is -10.3. The van der Waals surface area contributed by atoms with Gasteiger partial charge in [-0.15, -0.1) is 0 Å². The Morgan fingerprint density at radius 1 is 1.11 bits per heavy atom. The molecule has 6 rings (SSSR count). The van der Waals surface area contributed by atoms with Gasteiger partial charge in [0.2, 0.25) is 0 Å². The molecular formula is C24H23F5N6O3. The summed E-state index contributed by atoms with van der Waals surface area (Å²) in [5.41, 5.74) is 7.17. The summed E-state index contributed by atoms with van der Waals surface area (Å²) < 4.78 is 70.1. The molecule has 0 radical (unpaired) electrons. The number of carbonyl (C=O) groups is 3. The molecule has 1 aromatic carbocycles. The molecule has 4 aliphatic rings. The van der Waals surface area contributed by atoms with Crippen LogP contribution in [0.3, 0.4) is 0 Å². The van der Waals surface area contributed by atoms with E-state index in [2.05, 4.69) is 27.0 Å². The number of carbonyl (C=O) groups excluding carboxylic acids is 3. The van der Waals surface area contributed by atoms with Crippen LogP contribution in [0, 0.1) is 30.3 Å². The maximum absolute atomic E-state index is 13.9. The first-order chi connectivity index (χ1) is 17.9. The summed E-state index contributed by atoms with van der Waals surface area (Å²) in [6.07, 6.45) is -0.0915. The first kappa shape index (κ1) is 24.9. The second-order valence-electron chi connectivity index (χ2n) is 10.5. The van der Waals surface area contributed by atoms with Gasteiger partial charge in [0.1, 0.15) is 5.69 Å². The molecule has 2 aliphatic carbocycles. The molecule has 5 N–H and O–H groups in total. The normalized spacial score (nSPS) is 25.8. The minimum Gasteiger partial charge on any atom is -0.342 e. The predicted octanol–water partition coefficient (Wildman–Crippen LogP) is 2.03. The molecule has 0 bridgehead atoms. The highest BCUT2D eigenvalue weighted by Gasteiger charge is 2.62. The van der Waals surface area contributed by atoms with Gasteiger partial charge < -0.3 is 15.2 Å². The third-order valence-corrected chi connectivity index (χ3v) is 7.93. The second kappa shape index (κ2) is 8.32. The number of fused-ring (bicyclic) bond motifs is 3. The number of hydrogen-bond acceptors (Lipinski definition) is 6. The Kier molecular flexibility index (Phi) is 5.46. The molecule has 1 aromatic heterocycles. The summed E-state index contributed by atoms with van der Waals surface area (Å²) in [4.78, 5) is 39.8. The molecule has 14 heteroatoms. The van der Waals surface area contributed by atoms with Crippen molar-refractivity contribution in [3.05, 3.63) is 52.1 Å². The minimum absolute atomic E-state index is 0.00758. The van der Waals surface area contributed by atoms with E-state index in [9.17, 15) is 36.3 Å². The number of halogens is 5. The van der Waals surface area contributed by atoms with E-state index in [-0.39, 0.29) is 41.0 Å². The number of benzene rings is 1. The molecule has 2 aromatic rings. The quantitative estimate of drug-likeness (QED) is 0.166. The van der Waals surface area contributed by atoms with Gasteiger partial charge in [-0.1, -0.05) is 0 Å². The molecule has 3 atom stereocenters. The topological polar surface area (TPSA) is 116 Å². The van der Waals surface area contributed by atoms with Crippen LogP contribution in [-0.2, 0) is 11.2 Å². The lowest BCUT2D eigenvalue weighted by Crippen LogP contribution is -2.72. The van der Waals surface area contributed by atoms with Crippen LogP contribution >= 0.6 is 0 Å². The van der Waals surface area contributed by atoms with Crippen molar-refractivity contribution in [1.82, 2.24) is 26.3 Å². The van der Waals surface area contributed by atoms with Crippen LogP contribution in [0.4, 0.5) is 27.6 Å². The minimum atomic E-state index is -2.99. The number of rotatable bonds is 6. The van der Waals surface area contributed by atoms with E-state index < -0.39 is 65.4 Å². The first-order valence-corrected chi connectivity index (χ1v) is 12.1. The van der Waals surface area contributed by atoms with Gasteiger partial charge in [0.15, 0.2) is 17.5 Å². The van der Waals surface area contributed by atoms with Crippen molar-refractivity contribution in [3.63, 3.8) is 0 Å². The first-order valence-electron chi connectivity index (χ1n) is 12.1. The van der Waals surface area contributed by atoms with E-state index in [1.807, 2.05) is 0 Å². The van der Waals surface area contributed by atoms with Gasteiger partial charge in [-0.3, -0.25) is 14.4 Å². The maximum atomic E-state index is 13.9. The summed E-state index contributed by atoms with van der Waals surface area (Å²) in [6.45, 7) is 1.72. The van der Waals surface area contributed by atoms with E-state index in [1.54, 1.807) is 4.57 Å². The van der Waals surface area contributed by atoms with Crippen molar-refractivity contribution in [1.29, 1.82) is 0 Å². The van der Waals surface area contributed by atoms with Gasteiger partial charge in [-0.05, 0) is 31.2 Å². The Labute approximate surface area is 212 Å². The van der Waals surface area contributed by atoms with Gasteiger partial charge in [-0.2, -0.15) is 5.53 Å². The Hall–Kier alpha value is -3.36. The average molecular weight is 538 g/mol. The Morgan fingerprint density at radius 2 is 1.79 bits per heavy atom. The number of Topliss-reactive ketones (excluding diaryl/α,β-unsaturated/α-hetero) is 1. The van der Waals surface area contributed by atoms with Crippen molar-refractivity contribution >= 4 is 23.3 Å². The predicted molar refractivity (Wildman–Crippen MR) is 122 cm³/mol. The molecular weight excluding hydrogens is 515 g/mol. The molecule has 0 spiro atoms. The van der Waals surface area contributed by atoms with Gasteiger partial charge in [0, 0.05) is 48.9 Å². The summed E-state index contributed by atoms with van der Waals surface area (Å²) in [5, 5.41) is 4.86. The zero-order valence-corrected chi connectivity index (χ0v) is 20.0. The Balaban J connectivity index is 1.30. The lowest BCUT2D eigenvalue weighted by atomic mass is 9.68. The van der Waals surface area contributed by atoms with Crippen LogP contribution in [0.25, 0.3) is 0 Å². The smallest absolute Gasteiger partial charge is 0.292 e. The fraction of sp³-hybridized carbons (Fsp3) is 0.458. The molecule has 3 fully saturated rings. The van der Waals surface area contributed by atoms with Crippen molar-refractivity contribution in [2.45, 2.75) is 56.2 Å². The highest BCUT2D eigenvalue weighted by molar-refractivity contribution is 6.44. The molecule has 2 amide bonds. The number of hydrogen-bond donors (Lipinski definition) is 5. The number of amides is 2. The average Bonchev–Trinajstić information content (AvgIpc) is 3.15. The largest absolute Gasteiger partial charge is 0.342 e. The van der Waals surface area contributed by atoms with Crippen molar-refractivity contribution < 1.29 is 36.3 Å². The SMILES string of the molecule is Cc1c(C(=O)C(=O)NC2(C3CNNN3)CC(F)(F)C2)c2n(c1C(=O)Nc1cc(F)c(F)c(F)c1)[C@@H]1C[C@@H]1C2. The third kappa shape index (κ3) is 3.81. The monoisotopic (exact) mass is 538 g/mol. The number of ketones is 1. The van der Waals surface area contributed by atoms with Crippen LogP contribution in [0.5, 0.6) is 0 Å². The van der Waals surface area contributed by atoms with Crippen LogP contribution in [0.15, 0.2) is 12.1 Å². The van der Waals surface area contributed by atoms with Crippen LogP contribution in [0.2, 0.25) is 0 Å². The molecule has 38 heavy (non-hydrogen) atoms. The standard InChI is InChI=1S/C24H23F5N6O3/c1-9-17(20(36)22(38)32-23(7-24(28,29)8-23)16-6-30-34-33-16)15-3-10-2-14(10)35(15)19(9)21(37)31-11-4-12(25)18(27)13(26)5-11/h4-5,10,14,16,30,33-34H,2-3,6-8H2,1H3,(H,31,37)(H,32,38)/t10-,14-,16?/m1/s1. The van der Waals surface area contributed by atoms with E-state index >= 15 is 0 Å². The van der Waals surface area contributed by atoms with E-state index in [0.29, 0.717) is 24.2 Å². The van der Waals surface area contributed by atoms with E-state index in [0.717, 1.165) is 6.42 Å². The fourth-order valence-electron chi connectivity index (χ4n) is 6.12. The molecule has 9 nitrogen and oxygen atoms in total. The molecule has 2 saturated carbocycles. The third-order valence-electron chi connectivity index (χ3n) is 7.93. The molecule has 3 heterocycles. The number of nitrogens with one attached hydrogen (secondary N) is 5. The second-order valence-corrected chi connectivity index (χ2v) is 10.5. The fourth-order valence-corrected chi connectivity index (χ4v) is 6.12. The molecule has 202 valence electrons. The molecule has 2 aliphatic heterocycles. The molecule has 1 saturated heterocycles. The van der Waals surface area contributed by atoms with Crippen LogP contribution < -0.4 is 27.0 Å². The zero-order chi connectivity index (χ0) is 27.1. The summed E-state index contributed by atoms with van der Waals surface area (Å²) >= 11 is 0.